The van der Waals surface area contributed by atoms with E-state index in [4.69, 9.17) is 0 Å². The van der Waals surface area contributed by atoms with Crippen LogP contribution in [0.5, 0.6) is 0 Å². The Morgan fingerprint density at radius 3 is 2.22 bits per heavy atom. The van der Waals surface area contributed by atoms with Gasteiger partial charge in [0.25, 0.3) is 0 Å². The fraction of sp³-hybridized carbons (Fsp3) is 0.304. The molecule has 0 bridgehead atoms. The first-order valence-corrected chi connectivity index (χ1v) is 12.1. The molecule has 2 aromatic carbocycles. The third-order valence-corrected chi connectivity index (χ3v) is 7.10. The van der Waals surface area contributed by atoms with Gasteiger partial charge in [-0.15, -0.1) is 22.0 Å². The Bertz CT molecular complexity index is 1060. The van der Waals surface area contributed by atoms with Crippen LogP contribution in [0.15, 0.2) is 58.6 Å². The number of aryl methyl sites for hydroxylation is 1. The fourth-order valence-corrected chi connectivity index (χ4v) is 4.68. The molecule has 2 amide bonds. The van der Waals surface area contributed by atoms with Gasteiger partial charge < -0.3 is 15.2 Å². The number of benzene rings is 2. The summed E-state index contributed by atoms with van der Waals surface area (Å²) in [6, 6.07) is 15.4. The molecule has 168 valence electrons. The zero-order valence-electron chi connectivity index (χ0n) is 18.6. The van der Waals surface area contributed by atoms with Gasteiger partial charge in [-0.05, 0) is 49.7 Å². The number of anilines is 2. The van der Waals surface area contributed by atoms with Gasteiger partial charge in [-0.3, -0.25) is 9.59 Å². The van der Waals surface area contributed by atoms with Gasteiger partial charge in [0.05, 0.1) is 11.0 Å². The van der Waals surface area contributed by atoms with Crippen molar-refractivity contribution in [3.8, 4) is 0 Å². The van der Waals surface area contributed by atoms with E-state index in [1.54, 1.807) is 36.0 Å². The van der Waals surface area contributed by atoms with E-state index in [9.17, 15) is 9.59 Å². The standard InChI is InChI=1S/C23H27N5O2S2/c1-5-20(22(30)25-18-10-8-17(9-11-18)24-16(3)29)32-23-27-26-21(28(23)4)14-31-19-12-6-15(2)7-13-19/h6-13,20H,5,14H2,1-4H3,(H,24,29)(H,25,30). The number of amides is 2. The smallest absolute Gasteiger partial charge is 0.237 e. The number of hydrogen-bond acceptors (Lipinski definition) is 6. The molecule has 0 fully saturated rings. The summed E-state index contributed by atoms with van der Waals surface area (Å²) >= 11 is 3.12. The normalized spacial score (nSPS) is 11.8. The van der Waals surface area contributed by atoms with Crippen LogP contribution in [0, 0.1) is 6.92 Å². The number of carbonyl (C=O) groups is 2. The molecule has 7 nitrogen and oxygen atoms in total. The predicted octanol–water partition coefficient (Wildman–Crippen LogP) is 4.88. The molecule has 9 heteroatoms. The van der Waals surface area contributed by atoms with Crippen molar-refractivity contribution in [2.24, 2.45) is 7.05 Å². The maximum Gasteiger partial charge on any atom is 0.237 e. The van der Waals surface area contributed by atoms with Gasteiger partial charge in [0.1, 0.15) is 5.82 Å². The third-order valence-electron chi connectivity index (χ3n) is 4.70. The molecule has 0 radical (unpaired) electrons. The van der Waals surface area contributed by atoms with Gasteiger partial charge in [0.2, 0.25) is 11.8 Å². The van der Waals surface area contributed by atoms with Crippen LogP contribution in [-0.2, 0) is 22.4 Å². The van der Waals surface area contributed by atoms with Crippen LogP contribution in [-0.4, -0.2) is 31.8 Å². The minimum Gasteiger partial charge on any atom is -0.326 e. The topological polar surface area (TPSA) is 88.9 Å². The first kappa shape index (κ1) is 23.9. The van der Waals surface area contributed by atoms with Gasteiger partial charge >= 0.3 is 0 Å². The summed E-state index contributed by atoms with van der Waals surface area (Å²) in [7, 11) is 1.93. The van der Waals surface area contributed by atoms with Crippen molar-refractivity contribution in [2.45, 2.75) is 48.2 Å². The number of carbonyl (C=O) groups excluding carboxylic acids is 2. The third kappa shape index (κ3) is 6.61. The average molecular weight is 470 g/mol. The minimum atomic E-state index is -0.300. The predicted molar refractivity (Wildman–Crippen MR) is 131 cm³/mol. The van der Waals surface area contributed by atoms with Crippen LogP contribution < -0.4 is 10.6 Å². The Morgan fingerprint density at radius 2 is 1.62 bits per heavy atom. The molecule has 2 N–H and O–H groups in total. The number of nitrogens with one attached hydrogen (secondary N) is 2. The Kier molecular flexibility index (Phi) is 8.35. The Hall–Kier alpha value is -2.78. The number of hydrogen-bond donors (Lipinski definition) is 2. The van der Waals surface area contributed by atoms with E-state index in [-0.39, 0.29) is 17.1 Å². The van der Waals surface area contributed by atoms with Crippen LogP contribution >= 0.6 is 23.5 Å². The quantitative estimate of drug-likeness (QED) is 0.434. The summed E-state index contributed by atoms with van der Waals surface area (Å²) in [4.78, 5) is 25.1. The van der Waals surface area contributed by atoms with E-state index < -0.39 is 0 Å². The summed E-state index contributed by atoms with van der Waals surface area (Å²) in [5.74, 6) is 1.34. The molecule has 0 saturated heterocycles. The van der Waals surface area contributed by atoms with E-state index in [0.717, 1.165) is 5.82 Å². The van der Waals surface area contributed by atoms with Crippen LogP contribution in [0.2, 0.25) is 0 Å². The average Bonchev–Trinajstić information content (AvgIpc) is 3.11. The van der Waals surface area contributed by atoms with Crippen molar-refractivity contribution in [1.82, 2.24) is 14.8 Å². The second-order valence-electron chi connectivity index (χ2n) is 7.32. The summed E-state index contributed by atoms with van der Waals surface area (Å²) in [6.07, 6.45) is 0.654. The van der Waals surface area contributed by atoms with Crippen molar-refractivity contribution in [1.29, 1.82) is 0 Å². The van der Waals surface area contributed by atoms with Crippen LogP contribution in [0.1, 0.15) is 31.7 Å². The zero-order chi connectivity index (χ0) is 23.1. The summed E-state index contributed by atoms with van der Waals surface area (Å²) in [6.45, 7) is 5.50. The first-order valence-electron chi connectivity index (χ1n) is 10.3. The van der Waals surface area contributed by atoms with E-state index in [2.05, 4.69) is 52.0 Å². The molecular formula is C23H27N5O2S2. The Labute approximate surface area is 196 Å². The molecule has 0 aliphatic heterocycles. The van der Waals surface area contributed by atoms with Gasteiger partial charge in [-0.1, -0.05) is 36.4 Å². The lowest BCUT2D eigenvalue weighted by Gasteiger charge is -2.14. The van der Waals surface area contributed by atoms with Gasteiger partial charge in [-0.25, -0.2) is 0 Å². The Balaban J connectivity index is 1.59. The maximum absolute atomic E-state index is 12.8. The highest BCUT2D eigenvalue weighted by Crippen LogP contribution is 2.28. The maximum atomic E-state index is 12.8. The molecule has 1 unspecified atom stereocenters. The van der Waals surface area contributed by atoms with Gasteiger partial charge in [0, 0.05) is 30.2 Å². The lowest BCUT2D eigenvalue weighted by Crippen LogP contribution is -2.25. The van der Waals surface area contributed by atoms with Gasteiger partial charge in [-0.2, -0.15) is 0 Å². The van der Waals surface area contributed by atoms with Crippen molar-refractivity contribution in [2.75, 3.05) is 10.6 Å². The van der Waals surface area contributed by atoms with Crippen molar-refractivity contribution < 1.29 is 9.59 Å². The summed E-state index contributed by atoms with van der Waals surface area (Å²) < 4.78 is 1.95. The number of aromatic nitrogens is 3. The molecule has 1 heterocycles. The first-order chi connectivity index (χ1) is 15.4. The Morgan fingerprint density at radius 1 is 1.00 bits per heavy atom. The van der Waals surface area contributed by atoms with Crippen molar-refractivity contribution in [3.05, 3.63) is 59.9 Å². The highest BCUT2D eigenvalue weighted by Gasteiger charge is 2.22. The number of rotatable bonds is 9. The van der Waals surface area contributed by atoms with Crippen molar-refractivity contribution >= 4 is 46.7 Å². The number of nitrogens with zero attached hydrogens (tertiary/aromatic N) is 3. The lowest BCUT2D eigenvalue weighted by molar-refractivity contribution is -0.116. The highest BCUT2D eigenvalue weighted by atomic mass is 32.2. The van der Waals surface area contributed by atoms with Crippen LogP contribution in [0.4, 0.5) is 11.4 Å². The largest absolute Gasteiger partial charge is 0.326 e. The van der Waals surface area contributed by atoms with Crippen LogP contribution in [0.25, 0.3) is 0 Å². The zero-order valence-corrected chi connectivity index (χ0v) is 20.2. The minimum absolute atomic E-state index is 0.0941. The molecule has 1 aromatic heterocycles. The molecule has 3 rings (SSSR count). The second-order valence-corrected chi connectivity index (χ2v) is 9.54. The molecule has 0 spiro atoms. The van der Waals surface area contributed by atoms with E-state index in [0.29, 0.717) is 28.7 Å². The fourth-order valence-electron chi connectivity index (χ4n) is 2.87. The summed E-state index contributed by atoms with van der Waals surface area (Å²) in [5, 5.41) is 14.7. The molecule has 0 aliphatic rings. The summed E-state index contributed by atoms with van der Waals surface area (Å²) in [5.41, 5.74) is 2.60. The number of thioether (sulfide) groups is 2. The lowest BCUT2D eigenvalue weighted by atomic mass is 10.2. The molecule has 0 saturated carbocycles. The SMILES string of the molecule is CCC(Sc1nnc(CSc2ccc(C)cc2)n1C)C(=O)Nc1ccc(NC(C)=O)cc1. The molecule has 1 atom stereocenters. The molecule has 0 aliphatic carbocycles. The van der Waals surface area contributed by atoms with Crippen molar-refractivity contribution in [3.63, 3.8) is 0 Å². The molecule has 32 heavy (non-hydrogen) atoms. The van der Waals surface area contributed by atoms with Crippen LogP contribution in [0.3, 0.4) is 0 Å². The van der Waals surface area contributed by atoms with E-state index in [1.165, 1.54) is 29.1 Å². The van der Waals surface area contributed by atoms with E-state index in [1.807, 2.05) is 18.5 Å². The van der Waals surface area contributed by atoms with E-state index >= 15 is 0 Å². The van der Waals surface area contributed by atoms with Gasteiger partial charge in [0.15, 0.2) is 5.16 Å². The second kappa shape index (κ2) is 11.2. The molecule has 3 aromatic rings. The molecular weight excluding hydrogens is 442 g/mol. The monoisotopic (exact) mass is 469 g/mol. The highest BCUT2D eigenvalue weighted by molar-refractivity contribution is 8.00.